The summed E-state index contributed by atoms with van der Waals surface area (Å²) >= 11 is 0. The van der Waals surface area contributed by atoms with Crippen LogP contribution in [0.15, 0.2) is 18.2 Å². The molecular formula is C15H26N4. The molecular weight excluding hydrogens is 236 g/mol. The molecule has 106 valence electrons. The minimum Gasteiger partial charge on any atom is -0.353 e. The predicted octanol–water partition coefficient (Wildman–Crippen LogP) is 1.72. The van der Waals surface area contributed by atoms with Crippen LogP contribution in [0.5, 0.6) is 0 Å². The number of pyridine rings is 1. The van der Waals surface area contributed by atoms with Crippen molar-refractivity contribution < 1.29 is 0 Å². The van der Waals surface area contributed by atoms with Gasteiger partial charge in [0.1, 0.15) is 5.82 Å². The molecule has 1 N–H and O–H groups in total. The van der Waals surface area contributed by atoms with Crippen molar-refractivity contribution in [2.45, 2.75) is 32.9 Å². The summed E-state index contributed by atoms with van der Waals surface area (Å²) in [4.78, 5) is 9.59. The zero-order chi connectivity index (χ0) is 13.9. The number of likely N-dealkylation sites (N-methyl/N-ethyl adjacent to an activating group) is 1. The van der Waals surface area contributed by atoms with Crippen molar-refractivity contribution in [3.63, 3.8) is 0 Å². The van der Waals surface area contributed by atoms with Crippen molar-refractivity contribution in [3.05, 3.63) is 23.9 Å². The Kier molecular flexibility index (Phi) is 4.42. The average Bonchev–Trinajstić information content (AvgIpc) is 2.40. The lowest BCUT2D eigenvalue weighted by molar-refractivity contribution is 0.138. The molecule has 4 nitrogen and oxygen atoms in total. The van der Waals surface area contributed by atoms with Gasteiger partial charge in [0.25, 0.3) is 0 Å². The van der Waals surface area contributed by atoms with Crippen LogP contribution in [0.1, 0.15) is 26.5 Å². The summed E-state index contributed by atoms with van der Waals surface area (Å²) in [7, 11) is 2.20. The van der Waals surface area contributed by atoms with E-state index in [4.69, 9.17) is 4.98 Å². The molecule has 0 aromatic carbocycles. The SMILES string of the molecule is CCNCc1cccc(N2CCN(C)C(C)(C)C2)n1. The number of hydrogen-bond acceptors (Lipinski definition) is 4. The number of aromatic nitrogens is 1. The maximum absolute atomic E-state index is 4.77. The van der Waals surface area contributed by atoms with Gasteiger partial charge in [0.2, 0.25) is 0 Å². The van der Waals surface area contributed by atoms with E-state index in [1.807, 2.05) is 0 Å². The summed E-state index contributed by atoms with van der Waals surface area (Å²) in [6, 6.07) is 6.32. The van der Waals surface area contributed by atoms with E-state index in [-0.39, 0.29) is 5.54 Å². The van der Waals surface area contributed by atoms with Gasteiger partial charge in [0.15, 0.2) is 0 Å². The van der Waals surface area contributed by atoms with Gasteiger partial charge in [0, 0.05) is 31.7 Å². The van der Waals surface area contributed by atoms with Crippen molar-refractivity contribution >= 4 is 5.82 Å². The third-order valence-corrected chi connectivity index (χ3v) is 3.99. The highest BCUT2D eigenvalue weighted by molar-refractivity contribution is 5.40. The summed E-state index contributed by atoms with van der Waals surface area (Å²) in [6.45, 7) is 11.7. The van der Waals surface area contributed by atoms with Crippen LogP contribution in [-0.2, 0) is 6.54 Å². The van der Waals surface area contributed by atoms with Gasteiger partial charge < -0.3 is 10.2 Å². The second kappa shape index (κ2) is 5.88. The van der Waals surface area contributed by atoms with Crippen molar-refractivity contribution in [2.75, 3.05) is 38.1 Å². The first-order valence-corrected chi connectivity index (χ1v) is 7.16. The first-order chi connectivity index (χ1) is 9.03. The van der Waals surface area contributed by atoms with E-state index in [1.165, 1.54) is 0 Å². The second-order valence-corrected chi connectivity index (χ2v) is 5.92. The van der Waals surface area contributed by atoms with E-state index in [2.05, 4.69) is 61.1 Å². The normalized spacial score (nSPS) is 19.7. The van der Waals surface area contributed by atoms with E-state index in [0.717, 1.165) is 44.2 Å². The lowest BCUT2D eigenvalue weighted by Gasteiger charge is -2.45. The van der Waals surface area contributed by atoms with Crippen LogP contribution in [0.4, 0.5) is 5.82 Å². The lowest BCUT2D eigenvalue weighted by atomic mass is 10.00. The third kappa shape index (κ3) is 3.45. The molecule has 0 amide bonds. The quantitative estimate of drug-likeness (QED) is 0.895. The Bertz CT molecular complexity index is 416. The van der Waals surface area contributed by atoms with E-state index in [0.29, 0.717) is 0 Å². The van der Waals surface area contributed by atoms with Gasteiger partial charge in [-0.05, 0) is 39.6 Å². The molecule has 0 aliphatic carbocycles. The molecule has 0 saturated carbocycles. The van der Waals surface area contributed by atoms with Crippen molar-refractivity contribution in [3.8, 4) is 0 Å². The van der Waals surface area contributed by atoms with Crippen LogP contribution in [0, 0.1) is 0 Å². The molecule has 1 aliphatic rings. The van der Waals surface area contributed by atoms with Crippen LogP contribution < -0.4 is 10.2 Å². The molecule has 0 spiro atoms. The van der Waals surface area contributed by atoms with Gasteiger partial charge in [0.05, 0.1) is 5.69 Å². The molecule has 1 aliphatic heterocycles. The topological polar surface area (TPSA) is 31.4 Å². The maximum atomic E-state index is 4.77. The molecule has 1 aromatic rings. The first-order valence-electron chi connectivity index (χ1n) is 7.16. The van der Waals surface area contributed by atoms with Crippen LogP contribution in [0.2, 0.25) is 0 Å². The summed E-state index contributed by atoms with van der Waals surface area (Å²) < 4.78 is 0. The Labute approximate surface area is 116 Å². The average molecular weight is 262 g/mol. The molecule has 4 heteroatoms. The largest absolute Gasteiger partial charge is 0.353 e. The lowest BCUT2D eigenvalue weighted by Crippen LogP contribution is -2.57. The molecule has 1 aromatic heterocycles. The zero-order valence-corrected chi connectivity index (χ0v) is 12.6. The number of anilines is 1. The highest BCUT2D eigenvalue weighted by Gasteiger charge is 2.31. The van der Waals surface area contributed by atoms with E-state index < -0.39 is 0 Å². The number of rotatable bonds is 4. The van der Waals surface area contributed by atoms with E-state index in [1.54, 1.807) is 0 Å². The van der Waals surface area contributed by atoms with Gasteiger partial charge in [-0.1, -0.05) is 13.0 Å². The van der Waals surface area contributed by atoms with Crippen LogP contribution >= 0.6 is 0 Å². The Hall–Kier alpha value is -1.13. The molecule has 0 radical (unpaired) electrons. The van der Waals surface area contributed by atoms with Crippen LogP contribution in [-0.4, -0.2) is 48.6 Å². The van der Waals surface area contributed by atoms with E-state index >= 15 is 0 Å². The number of hydrogen-bond donors (Lipinski definition) is 1. The van der Waals surface area contributed by atoms with Gasteiger partial charge in [-0.2, -0.15) is 0 Å². The molecule has 1 fully saturated rings. The fourth-order valence-electron chi connectivity index (χ4n) is 2.43. The number of nitrogens with zero attached hydrogens (tertiary/aromatic N) is 3. The third-order valence-electron chi connectivity index (χ3n) is 3.99. The summed E-state index contributed by atoms with van der Waals surface area (Å²) in [5, 5.41) is 3.33. The molecule has 2 rings (SSSR count). The first kappa shape index (κ1) is 14.3. The van der Waals surface area contributed by atoms with Crippen molar-refractivity contribution in [2.24, 2.45) is 0 Å². The molecule has 2 heterocycles. The van der Waals surface area contributed by atoms with Crippen molar-refractivity contribution in [1.29, 1.82) is 0 Å². The molecule has 19 heavy (non-hydrogen) atoms. The monoisotopic (exact) mass is 262 g/mol. The number of piperazine rings is 1. The molecule has 0 bridgehead atoms. The zero-order valence-electron chi connectivity index (χ0n) is 12.6. The molecule has 0 atom stereocenters. The Morgan fingerprint density at radius 1 is 1.32 bits per heavy atom. The Balaban J connectivity index is 2.09. The predicted molar refractivity (Wildman–Crippen MR) is 80.5 cm³/mol. The summed E-state index contributed by atoms with van der Waals surface area (Å²) in [6.07, 6.45) is 0. The van der Waals surface area contributed by atoms with Crippen molar-refractivity contribution in [1.82, 2.24) is 15.2 Å². The molecule has 0 unspecified atom stereocenters. The van der Waals surface area contributed by atoms with Gasteiger partial charge in [-0.25, -0.2) is 4.98 Å². The minimum atomic E-state index is 0.206. The van der Waals surface area contributed by atoms with Crippen LogP contribution in [0.25, 0.3) is 0 Å². The van der Waals surface area contributed by atoms with Gasteiger partial charge in [-0.3, -0.25) is 4.90 Å². The summed E-state index contributed by atoms with van der Waals surface area (Å²) in [5.74, 6) is 1.11. The smallest absolute Gasteiger partial charge is 0.128 e. The Morgan fingerprint density at radius 2 is 2.11 bits per heavy atom. The number of nitrogens with one attached hydrogen (secondary N) is 1. The minimum absolute atomic E-state index is 0.206. The van der Waals surface area contributed by atoms with Gasteiger partial charge in [-0.15, -0.1) is 0 Å². The highest BCUT2D eigenvalue weighted by atomic mass is 15.3. The highest BCUT2D eigenvalue weighted by Crippen LogP contribution is 2.23. The second-order valence-electron chi connectivity index (χ2n) is 5.92. The standard InChI is InChI=1S/C15H26N4/c1-5-16-11-13-7-6-8-14(17-13)19-10-9-18(4)15(2,3)12-19/h6-8,16H,5,9-12H2,1-4H3. The van der Waals surface area contributed by atoms with E-state index in [9.17, 15) is 0 Å². The fourth-order valence-corrected chi connectivity index (χ4v) is 2.43. The fraction of sp³-hybridized carbons (Fsp3) is 0.667. The van der Waals surface area contributed by atoms with Crippen LogP contribution in [0.3, 0.4) is 0 Å². The summed E-state index contributed by atoms with van der Waals surface area (Å²) in [5.41, 5.74) is 1.33. The Morgan fingerprint density at radius 3 is 2.79 bits per heavy atom. The molecule has 1 saturated heterocycles. The maximum Gasteiger partial charge on any atom is 0.128 e. The van der Waals surface area contributed by atoms with Gasteiger partial charge >= 0.3 is 0 Å².